The largest absolute Gasteiger partial charge is 0.256 e. The molecule has 2 aromatic rings. The van der Waals surface area contributed by atoms with Crippen LogP contribution in [0.15, 0.2) is 28.9 Å². The van der Waals surface area contributed by atoms with Gasteiger partial charge in [-0.05, 0) is 18.2 Å². The van der Waals surface area contributed by atoms with Crippen LogP contribution in [-0.2, 0) is 0 Å². The Morgan fingerprint density at radius 1 is 1.38 bits per heavy atom. The Kier molecular flexibility index (Phi) is 2.22. The molecular formula is C9H4BrClFN. The molecule has 0 radical (unpaired) electrons. The van der Waals surface area contributed by atoms with Crippen molar-refractivity contribution in [1.82, 2.24) is 4.98 Å². The van der Waals surface area contributed by atoms with E-state index in [0.29, 0.717) is 20.4 Å². The number of nitrogens with zero attached hydrogens (tertiary/aromatic N) is 1. The van der Waals surface area contributed by atoms with Crippen LogP contribution >= 0.6 is 27.5 Å². The highest BCUT2D eigenvalue weighted by Crippen LogP contribution is 2.27. The van der Waals surface area contributed by atoms with Crippen LogP contribution in [0.1, 0.15) is 0 Å². The minimum absolute atomic E-state index is 0.359. The molecule has 0 unspecified atom stereocenters. The zero-order valence-corrected chi connectivity index (χ0v) is 8.73. The lowest BCUT2D eigenvalue weighted by Crippen LogP contribution is -1.84. The number of hydrogen-bond acceptors (Lipinski definition) is 1. The van der Waals surface area contributed by atoms with Gasteiger partial charge in [-0.1, -0.05) is 27.5 Å². The molecule has 1 heterocycles. The van der Waals surface area contributed by atoms with Crippen molar-refractivity contribution in [2.75, 3.05) is 0 Å². The molecule has 0 saturated carbocycles. The second-order valence-electron chi connectivity index (χ2n) is 2.57. The van der Waals surface area contributed by atoms with Gasteiger partial charge >= 0.3 is 0 Å². The Hall–Kier alpha value is -0.670. The van der Waals surface area contributed by atoms with Crippen LogP contribution in [0.2, 0.25) is 5.02 Å². The van der Waals surface area contributed by atoms with Crippen LogP contribution in [0, 0.1) is 5.82 Å². The van der Waals surface area contributed by atoms with Crippen molar-refractivity contribution >= 4 is 38.4 Å². The summed E-state index contributed by atoms with van der Waals surface area (Å²) in [6, 6.07) is 4.67. The summed E-state index contributed by atoms with van der Waals surface area (Å²) < 4.78 is 14.0. The Bertz CT molecular complexity index is 472. The van der Waals surface area contributed by atoms with Crippen molar-refractivity contribution in [2.24, 2.45) is 0 Å². The Morgan fingerprint density at radius 2 is 2.15 bits per heavy atom. The van der Waals surface area contributed by atoms with E-state index in [1.807, 2.05) is 0 Å². The van der Waals surface area contributed by atoms with Gasteiger partial charge < -0.3 is 0 Å². The Labute approximate surface area is 87.7 Å². The molecule has 1 nitrogen and oxygen atoms in total. The zero-order valence-electron chi connectivity index (χ0n) is 6.39. The maximum atomic E-state index is 13.4. The fourth-order valence-corrected chi connectivity index (χ4v) is 1.83. The Morgan fingerprint density at radius 3 is 2.92 bits per heavy atom. The molecule has 66 valence electrons. The van der Waals surface area contributed by atoms with Crippen LogP contribution in [0.3, 0.4) is 0 Å². The first-order valence-electron chi connectivity index (χ1n) is 3.58. The number of rotatable bonds is 0. The summed E-state index contributed by atoms with van der Waals surface area (Å²) in [5, 5.41) is 0.752. The van der Waals surface area contributed by atoms with E-state index in [2.05, 4.69) is 20.9 Å². The van der Waals surface area contributed by atoms with Crippen molar-refractivity contribution in [1.29, 1.82) is 0 Å². The molecule has 0 bridgehead atoms. The third-order valence-corrected chi connectivity index (χ3v) is 2.48. The average molecular weight is 260 g/mol. The summed E-state index contributed by atoms with van der Waals surface area (Å²) in [4.78, 5) is 4.01. The first-order chi connectivity index (χ1) is 6.18. The van der Waals surface area contributed by atoms with Crippen LogP contribution in [0.4, 0.5) is 4.39 Å². The third-order valence-electron chi connectivity index (χ3n) is 1.71. The van der Waals surface area contributed by atoms with Crippen molar-refractivity contribution in [3.63, 3.8) is 0 Å². The van der Waals surface area contributed by atoms with E-state index in [1.54, 1.807) is 18.3 Å². The minimum atomic E-state index is -0.359. The second-order valence-corrected chi connectivity index (χ2v) is 3.90. The summed E-state index contributed by atoms with van der Waals surface area (Å²) in [6.45, 7) is 0. The molecule has 2 rings (SSSR count). The Balaban J connectivity index is 2.94. The first kappa shape index (κ1) is 8.91. The molecule has 1 aromatic heterocycles. The quantitative estimate of drug-likeness (QED) is 0.702. The topological polar surface area (TPSA) is 12.9 Å². The second kappa shape index (κ2) is 3.24. The van der Waals surface area contributed by atoms with E-state index in [-0.39, 0.29) is 5.82 Å². The molecule has 13 heavy (non-hydrogen) atoms. The molecule has 0 spiro atoms. The number of halogens is 3. The van der Waals surface area contributed by atoms with E-state index < -0.39 is 0 Å². The maximum Gasteiger partial charge on any atom is 0.135 e. The van der Waals surface area contributed by atoms with Crippen molar-refractivity contribution in [2.45, 2.75) is 0 Å². The lowest BCUT2D eigenvalue weighted by Gasteiger charge is -2.01. The summed E-state index contributed by atoms with van der Waals surface area (Å²) in [6.07, 6.45) is 1.55. The number of pyridine rings is 1. The van der Waals surface area contributed by atoms with Crippen LogP contribution < -0.4 is 0 Å². The van der Waals surface area contributed by atoms with Gasteiger partial charge in [0.05, 0.1) is 15.9 Å². The molecule has 0 atom stereocenters. The van der Waals surface area contributed by atoms with Gasteiger partial charge in [0.1, 0.15) is 5.82 Å². The van der Waals surface area contributed by atoms with Gasteiger partial charge in [-0.15, -0.1) is 0 Å². The normalized spacial score (nSPS) is 10.7. The number of aromatic nitrogens is 1. The lowest BCUT2D eigenvalue weighted by atomic mass is 10.2. The van der Waals surface area contributed by atoms with Crippen LogP contribution in [0.5, 0.6) is 0 Å². The predicted octanol–water partition coefficient (Wildman–Crippen LogP) is 3.79. The highest BCUT2D eigenvalue weighted by Gasteiger charge is 2.06. The van der Waals surface area contributed by atoms with Crippen molar-refractivity contribution < 1.29 is 4.39 Å². The van der Waals surface area contributed by atoms with Gasteiger partial charge in [0, 0.05) is 10.7 Å². The van der Waals surface area contributed by atoms with Gasteiger partial charge in [-0.25, -0.2) is 4.39 Å². The van der Waals surface area contributed by atoms with E-state index in [9.17, 15) is 4.39 Å². The van der Waals surface area contributed by atoms with E-state index in [1.165, 1.54) is 6.07 Å². The number of benzene rings is 1. The molecule has 1 aromatic carbocycles. The van der Waals surface area contributed by atoms with E-state index in [4.69, 9.17) is 11.6 Å². The highest BCUT2D eigenvalue weighted by atomic mass is 79.9. The molecule has 0 fully saturated rings. The van der Waals surface area contributed by atoms with Crippen LogP contribution in [-0.4, -0.2) is 4.98 Å². The minimum Gasteiger partial charge on any atom is -0.256 e. The molecule has 0 aliphatic heterocycles. The van der Waals surface area contributed by atoms with Gasteiger partial charge in [0.2, 0.25) is 0 Å². The van der Waals surface area contributed by atoms with Crippen molar-refractivity contribution in [3.8, 4) is 0 Å². The van der Waals surface area contributed by atoms with Gasteiger partial charge in [0.25, 0.3) is 0 Å². The van der Waals surface area contributed by atoms with E-state index >= 15 is 0 Å². The SMILES string of the molecule is Fc1cc(Br)cc2nccc(Cl)c12. The first-order valence-corrected chi connectivity index (χ1v) is 4.75. The van der Waals surface area contributed by atoms with Gasteiger partial charge in [-0.3, -0.25) is 4.98 Å². The predicted molar refractivity (Wildman–Crippen MR) is 54.4 cm³/mol. The molecule has 4 heteroatoms. The smallest absolute Gasteiger partial charge is 0.135 e. The molecule has 0 aliphatic rings. The van der Waals surface area contributed by atoms with Gasteiger partial charge in [0.15, 0.2) is 0 Å². The molecular weight excluding hydrogens is 256 g/mol. The molecule has 0 aliphatic carbocycles. The van der Waals surface area contributed by atoms with Crippen molar-refractivity contribution in [3.05, 3.63) is 39.7 Å². The number of fused-ring (bicyclic) bond motifs is 1. The number of hydrogen-bond donors (Lipinski definition) is 0. The zero-order chi connectivity index (χ0) is 9.42. The van der Waals surface area contributed by atoms with Crippen LogP contribution in [0.25, 0.3) is 10.9 Å². The fourth-order valence-electron chi connectivity index (χ4n) is 1.16. The van der Waals surface area contributed by atoms with E-state index in [0.717, 1.165) is 0 Å². The monoisotopic (exact) mass is 259 g/mol. The molecule has 0 N–H and O–H groups in total. The average Bonchev–Trinajstić information content (AvgIpc) is 2.02. The summed E-state index contributed by atoms with van der Waals surface area (Å²) in [5.41, 5.74) is 0.555. The summed E-state index contributed by atoms with van der Waals surface area (Å²) in [7, 11) is 0. The lowest BCUT2D eigenvalue weighted by molar-refractivity contribution is 0.639. The maximum absolute atomic E-state index is 13.4. The molecule has 0 amide bonds. The fraction of sp³-hybridized carbons (Fsp3) is 0. The summed E-state index contributed by atoms with van der Waals surface area (Å²) in [5.74, 6) is -0.359. The third kappa shape index (κ3) is 1.54. The molecule has 0 saturated heterocycles. The standard InChI is InChI=1S/C9H4BrClFN/c10-5-3-7(12)9-6(11)1-2-13-8(9)4-5/h1-4H. The summed E-state index contributed by atoms with van der Waals surface area (Å²) >= 11 is 9.00. The highest BCUT2D eigenvalue weighted by molar-refractivity contribution is 9.10. The van der Waals surface area contributed by atoms with Gasteiger partial charge in [-0.2, -0.15) is 0 Å².